The second-order valence-corrected chi connectivity index (χ2v) is 6.12. The number of rotatable bonds is 3. The lowest BCUT2D eigenvalue weighted by Gasteiger charge is -2.17. The Balaban J connectivity index is 0.00000161. The zero-order valence-corrected chi connectivity index (χ0v) is 14.9. The predicted molar refractivity (Wildman–Crippen MR) is 93.6 cm³/mol. The van der Waals surface area contributed by atoms with Crippen molar-refractivity contribution in [2.24, 2.45) is 0 Å². The molecule has 0 radical (unpaired) electrons. The molecule has 0 N–H and O–H groups in total. The molecule has 0 amide bonds. The first kappa shape index (κ1) is 16.4. The largest absolute Gasteiger partial charge is 0.293 e. The number of pyridine rings is 1. The van der Waals surface area contributed by atoms with Crippen molar-refractivity contribution in [1.82, 2.24) is 4.98 Å². The van der Waals surface area contributed by atoms with Gasteiger partial charge in [0.2, 0.25) is 0 Å². The molecule has 4 heteroatoms. The van der Waals surface area contributed by atoms with Gasteiger partial charge in [0.05, 0.1) is 0 Å². The number of hydrogen-bond donors (Lipinski definition) is 0. The second kappa shape index (κ2) is 7.32. The molecule has 1 aromatic heterocycles. The van der Waals surface area contributed by atoms with Gasteiger partial charge in [0.1, 0.15) is 4.83 Å². The summed E-state index contributed by atoms with van der Waals surface area (Å²) in [6, 6.07) is 9.91. The van der Waals surface area contributed by atoms with Crippen LogP contribution in [0.25, 0.3) is 0 Å². The monoisotopic (exact) mass is 409 g/mol. The third-order valence-corrected chi connectivity index (χ3v) is 4.78. The highest BCUT2D eigenvalue weighted by Gasteiger charge is 2.20. The Hall–Kier alpha value is -1.00. The van der Waals surface area contributed by atoms with E-state index < -0.39 is 0 Å². The first-order valence-electron chi connectivity index (χ1n) is 6.96. The van der Waals surface area contributed by atoms with Gasteiger partial charge in [0.15, 0.2) is 5.78 Å². The predicted octanol–water partition coefficient (Wildman–Crippen LogP) is 4.86. The van der Waals surface area contributed by atoms with Gasteiger partial charge < -0.3 is 0 Å². The summed E-state index contributed by atoms with van der Waals surface area (Å²) in [6.45, 7) is 0. The van der Waals surface area contributed by atoms with Crippen molar-refractivity contribution >= 4 is 38.7 Å². The number of hydrogen-bond acceptors (Lipinski definition) is 2. The molecule has 2 nitrogen and oxygen atoms in total. The van der Waals surface area contributed by atoms with E-state index in [0.29, 0.717) is 0 Å². The number of aromatic nitrogens is 1. The highest BCUT2D eigenvalue weighted by Crippen LogP contribution is 2.29. The summed E-state index contributed by atoms with van der Waals surface area (Å²) in [5, 5.41) is 0. The normalized spacial score (nSPS) is 14.7. The van der Waals surface area contributed by atoms with Crippen LogP contribution in [0.15, 0.2) is 42.7 Å². The second-order valence-electron chi connectivity index (χ2n) is 5.20. The lowest BCUT2D eigenvalue weighted by Crippen LogP contribution is -2.10. The van der Waals surface area contributed by atoms with Crippen LogP contribution >= 0.6 is 32.9 Å². The van der Waals surface area contributed by atoms with Crippen molar-refractivity contribution < 1.29 is 4.79 Å². The van der Waals surface area contributed by atoms with Crippen LogP contribution in [-0.4, -0.2) is 10.8 Å². The Morgan fingerprint density at radius 2 is 1.90 bits per heavy atom. The molecule has 0 aliphatic heterocycles. The number of benzene rings is 1. The minimum atomic E-state index is -0.321. The average molecular weight is 411 g/mol. The topological polar surface area (TPSA) is 30.0 Å². The van der Waals surface area contributed by atoms with Gasteiger partial charge in [-0.05, 0) is 54.5 Å². The maximum Gasteiger partial charge on any atom is 0.180 e. The molecular weight excluding hydrogens is 394 g/mol. The first-order chi connectivity index (χ1) is 9.75. The lowest BCUT2D eigenvalue weighted by molar-refractivity contribution is 0.0991. The minimum Gasteiger partial charge on any atom is -0.293 e. The highest BCUT2D eigenvalue weighted by atomic mass is 79.9. The third-order valence-electron chi connectivity index (χ3n) is 3.84. The number of fused-ring (bicyclic) bond motifs is 1. The van der Waals surface area contributed by atoms with Gasteiger partial charge in [-0.1, -0.05) is 34.1 Å². The van der Waals surface area contributed by atoms with Crippen molar-refractivity contribution in [3.05, 3.63) is 65.0 Å². The molecule has 0 saturated heterocycles. The molecule has 0 spiro atoms. The van der Waals surface area contributed by atoms with Gasteiger partial charge in [0, 0.05) is 18.0 Å². The van der Waals surface area contributed by atoms with E-state index >= 15 is 0 Å². The lowest BCUT2D eigenvalue weighted by atomic mass is 9.89. The molecule has 1 aromatic carbocycles. The molecule has 1 heterocycles. The van der Waals surface area contributed by atoms with Crippen molar-refractivity contribution in [1.29, 1.82) is 0 Å². The Bertz CT molecular complexity index is 628. The Kier molecular flexibility index (Phi) is 5.71. The highest BCUT2D eigenvalue weighted by molar-refractivity contribution is 9.09. The van der Waals surface area contributed by atoms with Crippen LogP contribution in [0.4, 0.5) is 0 Å². The first-order valence-corrected chi connectivity index (χ1v) is 7.87. The standard InChI is InChI=1S/C17H16BrNO.BrH/c18-16(15-6-3-9-19-11-15)17(20)14-8-7-12-4-1-2-5-13(12)10-14;/h3,6-11,16H,1-2,4-5H2;1H. The third kappa shape index (κ3) is 3.61. The quantitative estimate of drug-likeness (QED) is 0.534. The van der Waals surface area contributed by atoms with Crippen molar-refractivity contribution in [3.63, 3.8) is 0 Å². The summed E-state index contributed by atoms with van der Waals surface area (Å²) >= 11 is 3.49. The van der Waals surface area contributed by atoms with E-state index in [1.807, 2.05) is 18.2 Å². The van der Waals surface area contributed by atoms with E-state index in [9.17, 15) is 4.79 Å². The van der Waals surface area contributed by atoms with Gasteiger partial charge in [-0.15, -0.1) is 17.0 Å². The number of aryl methyl sites for hydroxylation is 2. The molecule has 1 atom stereocenters. The summed E-state index contributed by atoms with van der Waals surface area (Å²) in [5.41, 5.74) is 4.43. The molecular formula is C17H17Br2NO. The minimum absolute atomic E-state index is 0. The summed E-state index contributed by atoms with van der Waals surface area (Å²) in [7, 11) is 0. The van der Waals surface area contributed by atoms with Crippen LogP contribution < -0.4 is 0 Å². The van der Waals surface area contributed by atoms with Gasteiger partial charge in [-0.3, -0.25) is 9.78 Å². The number of carbonyl (C=O) groups is 1. The number of alkyl halides is 1. The van der Waals surface area contributed by atoms with E-state index in [-0.39, 0.29) is 27.6 Å². The molecule has 1 unspecified atom stereocenters. The van der Waals surface area contributed by atoms with E-state index in [1.54, 1.807) is 12.4 Å². The maximum absolute atomic E-state index is 12.6. The number of ketones is 1. The molecule has 0 fully saturated rings. The van der Waals surface area contributed by atoms with Crippen molar-refractivity contribution in [2.45, 2.75) is 30.5 Å². The van der Waals surface area contributed by atoms with Crippen molar-refractivity contribution in [2.75, 3.05) is 0 Å². The van der Waals surface area contributed by atoms with Gasteiger partial charge >= 0.3 is 0 Å². The zero-order chi connectivity index (χ0) is 13.9. The molecule has 1 aliphatic carbocycles. The number of nitrogens with zero attached hydrogens (tertiary/aromatic N) is 1. The number of halogens is 2. The average Bonchev–Trinajstić information content (AvgIpc) is 2.54. The van der Waals surface area contributed by atoms with E-state index in [0.717, 1.165) is 24.0 Å². The van der Waals surface area contributed by atoms with Gasteiger partial charge in [-0.2, -0.15) is 0 Å². The van der Waals surface area contributed by atoms with Crippen LogP contribution in [0.3, 0.4) is 0 Å². The molecule has 3 rings (SSSR count). The Morgan fingerprint density at radius 1 is 1.14 bits per heavy atom. The van der Waals surface area contributed by atoms with E-state index in [1.165, 1.54) is 24.0 Å². The Morgan fingerprint density at radius 3 is 2.62 bits per heavy atom. The summed E-state index contributed by atoms with van der Waals surface area (Å²) in [6.07, 6.45) is 8.17. The fraction of sp³-hybridized carbons (Fsp3) is 0.294. The molecule has 0 bridgehead atoms. The van der Waals surface area contributed by atoms with E-state index in [2.05, 4.69) is 33.0 Å². The number of Topliss-reactive ketones (excluding diaryl/α,β-unsaturated/α-hetero) is 1. The van der Waals surface area contributed by atoms with Gasteiger partial charge in [-0.25, -0.2) is 0 Å². The molecule has 110 valence electrons. The van der Waals surface area contributed by atoms with Crippen LogP contribution in [0.2, 0.25) is 0 Å². The zero-order valence-electron chi connectivity index (χ0n) is 11.6. The maximum atomic E-state index is 12.6. The fourth-order valence-corrected chi connectivity index (χ4v) is 3.25. The molecule has 2 aromatic rings. The van der Waals surface area contributed by atoms with Crippen LogP contribution in [0.1, 0.15) is 44.7 Å². The van der Waals surface area contributed by atoms with Crippen LogP contribution in [0, 0.1) is 0 Å². The molecule has 21 heavy (non-hydrogen) atoms. The fourth-order valence-electron chi connectivity index (χ4n) is 2.71. The Labute approximate surface area is 143 Å². The summed E-state index contributed by atoms with van der Waals surface area (Å²) in [4.78, 5) is 16.3. The van der Waals surface area contributed by atoms with Crippen LogP contribution in [0.5, 0.6) is 0 Å². The number of carbonyl (C=O) groups excluding carboxylic acids is 1. The molecule has 0 saturated carbocycles. The smallest absolute Gasteiger partial charge is 0.180 e. The van der Waals surface area contributed by atoms with Gasteiger partial charge in [0.25, 0.3) is 0 Å². The van der Waals surface area contributed by atoms with E-state index in [4.69, 9.17) is 0 Å². The van der Waals surface area contributed by atoms with Crippen molar-refractivity contribution in [3.8, 4) is 0 Å². The summed E-state index contributed by atoms with van der Waals surface area (Å²) < 4.78 is 0. The molecule has 1 aliphatic rings. The van der Waals surface area contributed by atoms with Crippen LogP contribution in [-0.2, 0) is 12.8 Å². The SMILES string of the molecule is Br.O=C(c1ccc2c(c1)CCCC2)C(Br)c1cccnc1. The summed E-state index contributed by atoms with van der Waals surface area (Å²) in [5.74, 6) is 0.103.